The number of hydrogen-bond acceptors (Lipinski definition) is 2. The van der Waals surface area contributed by atoms with Gasteiger partial charge in [0.2, 0.25) is 0 Å². The average molecular weight is 250 g/mol. The molecule has 0 bridgehead atoms. The monoisotopic (exact) mass is 250 g/mol. The Morgan fingerprint density at radius 2 is 1.88 bits per heavy atom. The topological polar surface area (TPSA) is 20.2 Å². The molecule has 90 valence electrons. The highest BCUT2D eigenvalue weighted by atomic mass is 32.1. The summed E-state index contributed by atoms with van der Waals surface area (Å²) in [6.45, 7) is 4.04. The second kappa shape index (κ2) is 4.98. The van der Waals surface area contributed by atoms with Crippen LogP contribution in [0.25, 0.3) is 0 Å². The van der Waals surface area contributed by atoms with E-state index in [-0.39, 0.29) is 5.82 Å². The van der Waals surface area contributed by atoms with Crippen LogP contribution in [0.15, 0.2) is 30.3 Å². The maximum atomic E-state index is 12.8. The lowest BCUT2D eigenvalue weighted by molar-refractivity contribution is 0.181. The molecule has 0 radical (unpaired) electrons. The molecule has 3 heteroatoms. The SMILES string of the molecule is Cc1cc(C)c(C(O)Cc2ccc(F)cc2)s1. The number of hydrogen-bond donors (Lipinski definition) is 1. The van der Waals surface area contributed by atoms with Crippen LogP contribution in [0.3, 0.4) is 0 Å². The summed E-state index contributed by atoms with van der Waals surface area (Å²) in [6, 6.07) is 8.36. The number of benzene rings is 1. The summed E-state index contributed by atoms with van der Waals surface area (Å²) in [6.07, 6.45) is 0.0281. The molecule has 1 atom stereocenters. The molecule has 1 unspecified atom stereocenters. The Morgan fingerprint density at radius 3 is 2.41 bits per heavy atom. The number of halogens is 1. The molecule has 1 aromatic heterocycles. The van der Waals surface area contributed by atoms with E-state index in [9.17, 15) is 9.50 Å². The molecule has 17 heavy (non-hydrogen) atoms. The molecule has 1 nitrogen and oxygen atoms in total. The van der Waals surface area contributed by atoms with Crippen molar-refractivity contribution < 1.29 is 9.50 Å². The Morgan fingerprint density at radius 1 is 1.24 bits per heavy atom. The zero-order valence-corrected chi connectivity index (χ0v) is 10.7. The minimum atomic E-state index is -0.501. The average Bonchev–Trinajstić information content (AvgIpc) is 2.61. The molecule has 0 saturated heterocycles. The highest BCUT2D eigenvalue weighted by Gasteiger charge is 2.13. The van der Waals surface area contributed by atoms with Crippen LogP contribution >= 0.6 is 11.3 Å². The van der Waals surface area contributed by atoms with Crippen LogP contribution in [0, 0.1) is 19.7 Å². The summed E-state index contributed by atoms with van der Waals surface area (Å²) in [5.41, 5.74) is 2.08. The third-order valence-corrected chi connectivity index (χ3v) is 3.98. The molecule has 1 heterocycles. The third-order valence-electron chi connectivity index (χ3n) is 2.72. The van der Waals surface area contributed by atoms with Crippen molar-refractivity contribution >= 4 is 11.3 Å². The highest BCUT2D eigenvalue weighted by molar-refractivity contribution is 7.12. The van der Waals surface area contributed by atoms with Gasteiger partial charge in [-0.1, -0.05) is 12.1 Å². The largest absolute Gasteiger partial charge is 0.387 e. The van der Waals surface area contributed by atoms with E-state index < -0.39 is 6.10 Å². The lowest BCUT2D eigenvalue weighted by Crippen LogP contribution is -2.01. The highest BCUT2D eigenvalue weighted by Crippen LogP contribution is 2.29. The number of rotatable bonds is 3. The first-order valence-electron chi connectivity index (χ1n) is 5.55. The fourth-order valence-corrected chi connectivity index (χ4v) is 2.95. The van der Waals surface area contributed by atoms with Crippen LogP contribution in [-0.2, 0) is 6.42 Å². The van der Waals surface area contributed by atoms with E-state index in [0.29, 0.717) is 6.42 Å². The van der Waals surface area contributed by atoms with Crippen LogP contribution in [0.5, 0.6) is 0 Å². The third kappa shape index (κ3) is 2.93. The molecule has 0 aliphatic heterocycles. The number of aliphatic hydroxyl groups is 1. The van der Waals surface area contributed by atoms with E-state index in [1.807, 2.05) is 13.8 Å². The van der Waals surface area contributed by atoms with Crippen molar-refractivity contribution in [1.82, 2.24) is 0 Å². The normalized spacial score (nSPS) is 12.7. The number of thiophene rings is 1. The Bertz CT molecular complexity index is 501. The summed E-state index contributed by atoms with van der Waals surface area (Å²) < 4.78 is 12.8. The molecule has 1 N–H and O–H groups in total. The molecule has 2 aromatic rings. The lowest BCUT2D eigenvalue weighted by Gasteiger charge is -2.10. The first-order valence-corrected chi connectivity index (χ1v) is 6.37. The summed E-state index contributed by atoms with van der Waals surface area (Å²) in [5.74, 6) is -0.244. The van der Waals surface area contributed by atoms with Crippen LogP contribution in [0.4, 0.5) is 4.39 Å². The van der Waals surface area contributed by atoms with Gasteiger partial charge >= 0.3 is 0 Å². The fraction of sp³-hybridized carbons (Fsp3) is 0.286. The van der Waals surface area contributed by atoms with Gasteiger partial charge in [-0.3, -0.25) is 0 Å². The Kier molecular flexibility index (Phi) is 3.60. The first kappa shape index (κ1) is 12.3. The van der Waals surface area contributed by atoms with Gasteiger partial charge in [0.05, 0.1) is 6.10 Å². The molecule has 1 aromatic carbocycles. The van der Waals surface area contributed by atoms with Crippen molar-refractivity contribution in [2.75, 3.05) is 0 Å². The maximum Gasteiger partial charge on any atom is 0.123 e. The van der Waals surface area contributed by atoms with Crippen molar-refractivity contribution in [3.63, 3.8) is 0 Å². The van der Waals surface area contributed by atoms with Crippen molar-refractivity contribution in [3.05, 3.63) is 57.0 Å². The summed E-state index contributed by atoms with van der Waals surface area (Å²) in [7, 11) is 0. The van der Waals surface area contributed by atoms with Crippen molar-refractivity contribution in [3.8, 4) is 0 Å². The molecule has 0 amide bonds. The molecule has 0 spiro atoms. The Balaban J connectivity index is 2.14. The van der Waals surface area contributed by atoms with E-state index in [1.54, 1.807) is 23.5 Å². The standard InChI is InChI=1S/C14H15FOS/c1-9-7-10(2)17-14(9)13(16)8-11-3-5-12(15)6-4-11/h3-7,13,16H,8H2,1-2H3. The van der Waals surface area contributed by atoms with Gasteiger partial charge in [-0.25, -0.2) is 4.39 Å². The quantitative estimate of drug-likeness (QED) is 0.879. The second-order valence-corrected chi connectivity index (χ2v) is 5.54. The summed E-state index contributed by atoms with van der Waals surface area (Å²) in [5, 5.41) is 10.2. The first-order chi connectivity index (χ1) is 8.06. The van der Waals surface area contributed by atoms with Gasteiger partial charge in [-0.15, -0.1) is 11.3 Å². The summed E-state index contributed by atoms with van der Waals surface area (Å²) in [4.78, 5) is 2.21. The number of aryl methyl sites for hydroxylation is 2. The predicted octanol–water partition coefficient (Wildman–Crippen LogP) is 3.78. The maximum absolute atomic E-state index is 12.8. The van der Waals surface area contributed by atoms with E-state index in [0.717, 1.165) is 16.0 Å². The minimum absolute atomic E-state index is 0.244. The second-order valence-electron chi connectivity index (χ2n) is 4.25. The van der Waals surface area contributed by atoms with Gasteiger partial charge in [0.15, 0.2) is 0 Å². The van der Waals surface area contributed by atoms with Crippen LogP contribution < -0.4 is 0 Å². The van der Waals surface area contributed by atoms with Gasteiger partial charge in [0.1, 0.15) is 5.82 Å². The molecule has 2 rings (SSSR count). The molecular weight excluding hydrogens is 235 g/mol. The molecule has 0 aliphatic carbocycles. The van der Waals surface area contributed by atoms with E-state index in [4.69, 9.17) is 0 Å². The van der Waals surface area contributed by atoms with Crippen LogP contribution in [-0.4, -0.2) is 5.11 Å². The number of aliphatic hydroxyl groups excluding tert-OH is 1. The Labute approximate surface area is 105 Å². The minimum Gasteiger partial charge on any atom is -0.387 e. The molecule has 0 fully saturated rings. The van der Waals surface area contributed by atoms with Crippen molar-refractivity contribution in [1.29, 1.82) is 0 Å². The van der Waals surface area contributed by atoms with E-state index in [1.165, 1.54) is 17.0 Å². The van der Waals surface area contributed by atoms with Gasteiger partial charge in [-0.2, -0.15) is 0 Å². The predicted molar refractivity (Wildman–Crippen MR) is 68.9 cm³/mol. The summed E-state index contributed by atoms with van der Waals surface area (Å²) >= 11 is 1.62. The van der Waals surface area contributed by atoms with Gasteiger partial charge in [-0.05, 0) is 43.2 Å². The zero-order valence-electron chi connectivity index (χ0n) is 9.90. The Hall–Kier alpha value is -1.19. The van der Waals surface area contributed by atoms with Crippen LogP contribution in [0.1, 0.15) is 27.0 Å². The van der Waals surface area contributed by atoms with Gasteiger partial charge < -0.3 is 5.11 Å². The molecule has 0 aliphatic rings. The smallest absolute Gasteiger partial charge is 0.123 e. The van der Waals surface area contributed by atoms with Crippen molar-refractivity contribution in [2.45, 2.75) is 26.4 Å². The zero-order chi connectivity index (χ0) is 12.4. The van der Waals surface area contributed by atoms with E-state index in [2.05, 4.69) is 6.07 Å². The van der Waals surface area contributed by atoms with Gasteiger partial charge in [0, 0.05) is 16.2 Å². The fourth-order valence-electron chi connectivity index (χ4n) is 1.93. The van der Waals surface area contributed by atoms with Crippen molar-refractivity contribution in [2.24, 2.45) is 0 Å². The van der Waals surface area contributed by atoms with Gasteiger partial charge in [0.25, 0.3) is 0 Å². The lowest BCUT2D eigenvalue weighted by atomic mass is 10.1. The molecular formula is C14H15FOS. The molecule has 0 saturated carbocycles. The van der Waals surface area contributed by atoms with Crippen LogP contribution in [0.2, 0.25) is 0 Å². The van der Waals surface area contributed by atoms with E-state index >= 15 is 0 Å².